The van der Waals surface area contributed by atoms with Crippen LogP contribution in [0.2, 0.25) is 5.02 Å². The summed E-state index contributed by atoms with van der Waals surface area (Å²) in [4.78, 5) is 41.8. The predicted molar refractivity (Wildman–Crippen MR) is 130 cm³/mol. The van der Waals surface area contributed by atoms with E-state index < -0.39 is 11.2 Å². The van der Waals surface area contributed by atoms with Crippen LogP contribution in [0.5, 0.6) is 0 Å². The molecule has 1 amide bonds. The maximum Gasteiger partial charge on any atom is 0.330 e. The highest BCUT2D eigenvalue weighted by molar-refractivity contribution is 6.30. The summed E-state index contributed by atoms with van der Waals surface area (Å²) >= 11 is 6.01. The molecule has 9 heteroatoms. The normalized spacial score (nSPS) is 12.2. The number of carbonyl (C=O) groups is 1. The second kappa shape index (κ2) is 11.9. The van der Waals surface area contributed by atoms with Crippen molar-refractivity contribution >= 4 is 29.0 Å². The smallest absolute Gasteiger partial charge is 0.330 e. The van der Waals surface area contributed by atoms with Gasteiger partial charge in [0.15, 0.2) is 5.69 Å². The van der Waals surface area contributed by atoms with Gasteiger partial charge in [0.25, 0.3) is 5.56 Å². The number of hydrogen-bond donors (Lipinski definition) is 3. The molecular formula is C23H34ClN5O3. The van der Waals surface area contributed by atoms with Crippen LogP contribution in [0.3, 0.4) is 0 Å². The molecule has 0 aliphatic carbocycles. The molecule has 1 atom stereocenters. The number of anilines is 2. The van der Waals surface area contributed by atoms with Gasteiger partial charge in [-0.05, 0) is 36.5 Å². The summed E-state index contributed by atoms with van der Waals surface area (Å²) in [6.07, 6.45) is 2.20. The number of nitrogen functional groups attached to an aromatic ring is 1. The topological polar surface area (TPSA) is 113 Å². The average Bonchev–Trinajstić information content (AvgIpc) is 2.74. The van der Waals surface area contributed by atoms with Crippen molar-refractivity contribution in [2.75, 3.05) is 23.7 Å². The van der Waals surface area contributed by atoms with Gasteiger partial charge in [-0.2, -0.15) is 0 Å². The lowest BCUT2D eigenvalue weighted by Gasteiger charge is -2.27. The zero-order valence-electron chi connectivity index (χ0n) is 19.3. The fourth-order valence-electron chi connectivity index (χ4n) is 3.66. The first kappa shape index (κ1) is 25.7. The molecule has 4 N–H and O–H groups in total. The number of nitrogens with two attached hydrogens (primary N) is 1. The third kappa shape index (κ3) is 6.23. The van der Waals surface area contributed by atoms with Crippen LogP contribution in [0, 0.1) is 5.92 Å². The van der Waals surface area contributed by atoms with Crippen LogP contribution in [0.4, 0.5) is 11.5 Å². The molecule has 1 unspecified atom stereocenters. The lowest BCUT2D eigenvalue weighted by molar-refractivity contribution is -0.118. The van der Waals surface area contributed by atoms with E-state index in [1.54, 1.807) is 0 Å². The van der Waals surface area contributed by atoms with Gasteiger partial charge >= 0.3 is 5.69 Å². The average molecular weight is 464 g/mol. The number of aromatic amines is 1. The van der Waals surface area contributed by atoms with Gasteiger partial charge in [-0.25, -0.2) is 4.79 Å². The van der Waals surface area contributed by atoms with Crippen LogP contribution >= 0.6 is 11.6 Å². The first-order valence-corrected chi connectivity index (χ1v) is 11.5. The number of unbranched alkanes of at least 4 members (excludes halogenated alkanes) is 1. The van der Waals surface area contributed by atoms with Crippen molar-refractivity contribution in [3.05, 3.63) is 55.7 Å². The number of nitrogens with zero attached hydrogens (tertiary/aromatic N) is 2. The molecular weight excluding hydrogens is 430 g/mol. The van der Waals surface area contributed by atoms with Crippen molar-refractivity contribution in [3.63, 3.8) is 0 Å². The Morgan fingerprint density at radius 3 is 2.41 bits per heavy atom. The van der Waals surface area contributed by atoms with Gasteiger partial charge in [0.1, 0.15) is 5.82 Å². The summed E-state index contributed by atoms with van der Waals surface area (Å²) in [7, 11) is 0. The van der Waals surface area contributed by atoms with Crippen molar-refractivity contribution < 1.29 is 4.79 Å². The van der Waals surface area contributed by atoms with E-state index in [2.05, 4.69) is 24.1 Å². The minimum absolute atomic E-state index is 0.0149. The van der Waals surface area contributed by atoms with Crippen LogP contribution in [-0.2, 0) is 11.3 Å². The Morgan fingerprint density at radius 1 is 1.19 bits per heavy atom. The molecule has 8 nitrogen and oxygen atoms in total. The van der Waals surface area contributed by atoms with Gasteiger partial charge in [0.2, 0.25) is 5.91 Å². The molecule has 2 rings (SSSR count). The highest BCUT2D eigenvalue weighted by atomic mass is 35.5. The molecule has 2 aromatic rings. The van der Waals surface area contributed by atoms with E-state index in [1.807, 2.05) is 38.1 Å². The number of aromatic nitrogens is 2. The van der Waals surface area contributed by atoms with Crippen molar-refractivity contribution in [3.8, 4) is 0 Å². The number of rotatable bonds is 11. The Bertz CT molecular complexity index is 1010. The van der Waals surface area contributed by atoms with Crippen LogP contribution in [0.15, 0.2) is 33.9 Å². The van der Waals surface area contributed by atoms with E-state index in [1.165, 1.54) is 9.47 Å². The third-order valence-corrected chi connectivity index (χ3v) is 5.59. The van der Waals surface area contributed by atoms with E-state index in [4.69, 9.17) is 17.3 Å². The minimum atomic E-state index is -0.651. The van der Waals surface area contributed by atoms with E-state index in [0.717, 1.165) is 12.0 Å². The molecule has 0 saturated carbocycles. The first-order valence-electron chi connectivity index (χ1n) is 11.1. The van der Waals surface area contributed by atoms with Crippen molar-refractivity contribution in [2.24, 2.45) is 5.92 Å². The number of H-pyrrole nitrogens is 1. The zero-order valence-corrected chi connectivity index (χ0v) is 20.0. The quantitative estimate of drug-likeness (QED) is 0.473. The number of carbonyl (C=O) groups excluding carboxylic acids is 1. The van der Waals surface area contributed by atoms with E-state index in [9.17, 15) is 14.4 Å². The Kier molecular flexibility index (Phi) is 9.53. The molecule has 0 radical (unpaired) electrons. The largest absolute Gasteiger partial charge is 0.383 e. The third-order valence-electron chi connectivity index (χ3n) is 5.34. The molecule has 32 heavy (non-hydrogen) atoms. The van der Waals surface area contributed by atoms with E-state index in [0.29, 0.717) is 31.0 Å². The number of benzene rings is 1. The van der Waals surface area contributed by atoms with Crippen LogP contribution in [-0.4, -0.2) is 28.5 Å². The van der Waals surface area contributed by atoms with Crippen molar-refractivity contribution in [2.45, 2.75) is 59.5 Å². The zero-order chi connectivity index (χ0) is 23.8. The number of nitrogens with one attached hydrogen (secondary N) is 2. The lowest BCUT2D eigenvalue weighted by atomic mass is 9.96. The summed E-state index contributed by atoms with van der Waals surface area (Å²) in [6, 6.07) is 7.43. The van der Waals surface area contributed by atoms with Gasteiger partial charge in [0.05, 0.1) is 6.54 Å². The maximum atomic E-state index is 13.3. The number of amides is 1. The molecule has 0 fully saturated rings. The van der Waals surface area contributed by atoms with Gasteiger partial charge in [-0.15, -0.1) is 0 Å². The first-order chi connectivity index (χ1) is 15.2. The Hall–Kier alpha value is -2.58. The van der Waals surface area contributed by atoms with Gasteiger partial charge in [0, 0.05) is 24.2 Å². The van der Waals surface area contributed by atoms with E-state index in [-0.39, 0.29) is 35.9 Å². The molecule has 176 valence electrons. The molecule has 1 heterocycles. The fourth-order valence-corrected chi connectivity index (χ4v) is 3.79. The summed E-state index contributed by atoms with van der Waals surface area (Å²) < 4.78 is 1.31. The summed E-state index contributed by atoms with van der Waals surface area (Å²) in [5, 5.41) is 3.96. The Balaban J connectivity index is 2.34. The minimum Gasteiger partial charge on any atom is -0.383 e. The van der Waals surface area contributed by atoms with Crippen molar-refractivity contribution in [1.82, 2.24) is 14.9 Å². The monoisotopic (exact) mass is 463 g/mol. The lowest BCUT2D eigenvalue weighted by Crippen LogP contribution is -2.45. The van der Waals surface area contributed by atoms with Gasteiger partial charge in [-0.1, -0.05) is 57.8 Å². The molecule has 1 aromatic heterocycles. The van der Waals surface area contributed by atoms with Gasteiger partial charge in [-0.3, -0.25) is 19.1 Å². The second-order valence-electron chi connectivity index (χ2n) is 8.20. The summed E-state index contributed by atoms with van der Waals surface area (Å²) in [5.41, 5.74) is 6.04. The van der Waals surface area contributed by atoms with Crippen LogP contribution in [0.1, 0.15) is 58.6 Å². The number of hydrogen-bond acceptors (Lipinski definition) is 5. The predicted octanol–water partition coefficient (Wildman–Crippen LogP) is 3.30. The van der Waals surface area contributed by atoms with Crippen LogP contribution in [0.25, 0.3) is 0 Å². The SMILES string of the molecule is CCCCN(C(=O)CNC(c1ccc(Cl)cc1)C(C)C)c1c(N)n(CCC)c(=O)[nH]c1=O. The highest BCUT2D eigenvalue weighted by Crippen LogP contribution is 2.24. The highest BCUT2D eigenvalue weighted by Gasteiger charge is 2.25. The molecule has 1 aromatic carbocycles. The van der Waals surface area contributed by atoms with Gasteiger partial charge < -0.3 is 16.0 Å². The molecule has 0 bridgehead atoms. The molecule has 0 aliphatic rings. The van der Waals surface area contributed by atoms with Crippen molar-refractivity contribution in [1.29, 1.82) is 0 Å². The van der Waals surface area contributed by atoms with Crippen LogP contribution < -0.4 is 27.2 Å². The fraction of sp³-hybridized carbons (Fsp3) is 0.522. The Labute approximate surface area is 193 Å². The Morgan fingerprint density at radius 2 is 1.84 bits per heavy atom. The van der Waals surface area contributed by atoms with E-state index >= 15 is 0 Å². The second-order valence-corrected chi connectivity index (χ2v) is 8.63. The molecule has 0 spiro atoms. The molecule has 0 aliphatic heterocycles. The summed E-state index contributed by atoms with van der Waals surface area (Å²) in [6.45, 7) is 8.74. The standard InChI is InChI=1S/C23H34ClN5O3/c1-5-7-13-28(20-21(25)29(12-6-2)23(32)27-22(20)31)18(30)14-26-19(15(3)4)16-8-10-17(24)11-9-16/h8-11,15,19,26H,5-7,12-14,25H2,1-4H3,(H,27,31,32). The summed E-state index contributed by atoms with van der Waals surface area (Å²) in [5.74, 6) is -0.0480. The number of halogens is 1. The maximum absolute atomic E-state index is 13.3. The molecule has 0 saturated heterocycles.